The number of alkyl halides is 1. The first kappa shape index (κ1) is 15.1. The van der Waals surface area contributed by atoms with Crippen molar-refractivity contribution in [3.05, 3.63) is 56.7 Å². The molecule has 1 heterocycles. The highest BCUT2D eigenvalue weighted by molar-refractivity contribution is 9.11. The van der Waals surface area contributed by atoms with Crippen LogP contribution in [0, 0.1) is 6.92 Å². The fourth-order valence-electron chi connectivity index (χ4n) is 2.48. The maximum atomic E-state index is 6.36. The topological polar surface area (TPSA) is 17.8 Å². The van der Waals surface area contributed by atoms with Crippen LogP contribution in [0.1, 0.15) is 23.7 Å². The molecule has 1 atom stereocenters. The Morgan fingerprint density at radius 2 is 1.95 bits per heavy atom. The lowest BCUT2D eigenvalue weighted by atomic mass is 10.2. The third kappa shape index (κ3) is 2.65. The zero-order valence-corrected chi connectivity index (χ0v) is 15.5. The molecule has 1 aromatic heterocycles. The second kappa shape index (κ2) is 5.75. The summed E-state index contributed by atoms with van der Waals surface area (Å²) in [5, 5.41) is -0.178. The molecule has 2 nitrogen and oxygen atoms in total. The number of aromatic nitrogens is 2. The number of aryl methyl sites for hydroxylation is 1. The first-order valence-corrected chi connectivity index (χ1v) is 8.58. The van der Waals surface area contributed by atoms with Crippen LogP contribution in [0.5, 0.6) is 0 Å². The van der Waals surface area contributed by atoms with Crippen LogP contribution in [0.4, 0.5) is 0 Å². The van der Waals surface area contributed by atoms with Crippen LogP contribution in [-0.4, -0.2) is 9.55 Å². The molecule has 0 aliphatic rings. The number of halogens is 3. The minimum absolute atomic E-state index is 0.178. The summed E-state index contributed by atoms with van der Waals surface area (Å²) in [7, 11) is 0. The average molecular weight is 429 g/mol. The van der Waals surface area contributed by atoms with Gasteiger partial charge in [0.25, 0.3) is 0 Å². The largest absolute Gasteiger partial charge is 0.294 e. The van der Waals surface area contributed by atoms with Gasteiger partial charge in [0, 0.05) is 8.95 Å². The molecule has 0 fully saturated rings. The van der Waals surface area contributed by atoms with E-state index in [9.17, 15) is 0 Å². The predicted molar refractivity (Wildman–Crippen MR) is 95.5 cm³/mol. The smallest absolute Gasteiger partial charge is 0.132 e. The Morgan fingerprint density at radius 1 is 1.19 bits per heavy atom. The molecule has 21 heavy (non-hydrogen) atoms. The Labute approximate surface area is 145 Å². The van der Waals surface area contributed by atoms with Gasteiger partial charge in [0.2, 0.25) is 0 Å². The summed E-state index contributed by atoms with van der Waals surface area (Å²) in [5.74, 6) is 0.847. The normalized spacial score (nSPS) is 12.8. The molecule has 3 rings (SSSR count). The van der Waals surface area contributed by atoms with Crippen LogP contribution in [-0.2, 0) is 0 Å². The van der Waals surface area contributed by atoms with Crippen molar-refractivity contribution in [1.29, 1.82) is 0 Å². The molecule has 0 saturated heterocycles. The van der Waals surface area contributed by atoms with Crippen molar-refractivity contribution in [3.63, 3.8) is 0 Å². The number of para-hydroxylation sites is 1. The Hall–Kier alpha value is -0.840. The molecular formula is C16H13Br2ClN2. The van der Waals surface area contributed by atoms with Crippen molar-refractivity contribution >= 4 is 54.5 Å². The molecule has 0 radical (unpaired) electrons. The van der Waals surface area contributed by atoms with Crippen LogP contribution in [0.15, 0.2) is 45.3 Å². The number of benzene rings is 2. The van der Waals surface area contributed by atoms with Crippen molar-refractivity contribution < 1.29 is 0 Å². The van der Waals surface area contributed by atoms with Crippen molar-refractivity contribution in [1.82, 2.24) is 9.55 Å². The second-order valence-corrected chi connectivity index (χ2v) is 7.38. The molecule has 0 aliphatic carbocycles. The SMILES string of the molecule is Cc1cccc2nc(C(C)Cl)n(-c3cc(Br)ccc3Br)c12. The molecule has 108 valence electrons. The van der Waals surface area contributed by atoms with Crippen LogP contribution in [0.2, 0.25) is 0 Å². The van der Waals surface area contributed by atoms with E-state index in [2.05, 4.69) is 55.5 Å². The molecule has 0 aliphatic heterocycles. The van der Waals surface area contributed by atoms with Gasteiger partial charge in [-0.2, -0.15) is 0 Å². The van der Waals surface area contributed by atoms with Gasteiger partial charge in [-0.15, -0.1) is 11.6 Å². The monoisotopic (exact) mass is 426 g/mol. The molecule has 2 aromatic carbocycles. The highest BCUT2D eigenvalue weighted by atomic mass is 79.9. The van der Waals surface area contributed by atoms with Gasteiger partial charge >= 0.3 is 0 Å². The summed E-state index contributed by atoms with van der Waals surface area (Å²) in [5.41, 5.74) is 4.27. The van der Waals surface area contributed by atoms with E-state index in [1.807, 2.05) is 31.2 Å². The summed E-state index contributed by atoms with van der Waals surface area (Å²) in [6, 6.07) is 12.2. The lowest BCUT2D eigenvalue weighted by Crippen LogP contribution is -2.03. The molecule has 0 saturated carbocycles. The Kier molecular flexibility index (Phi) is 4.12. The van der Waals surface area contributed by atoms with E-state index in [0.29, 0.717) is 0 Å². The zero-order chi connectivity index (χ0) is 15.1. The van der Waals surface area contributed by atoms with Crippen molar-refractivity contribution in [2.24, 2.45) is 0 Å². The lowest BCUT2D eigenvalue weighted by molar-refractivity contribution is 0.878. The minimum atomic E-state index is -0.178. The summed E-state index contributed by atoms with van der Waals surface area (Å²) in [6.07, 6.45) is 0. The lowest BCUT2D eigenvalue weighted by Gasteiger charge is -2.14. The quantitative estimate of drug-likeness (QED) is 0.447. The summed E-state index contributed by atoms with van der Waals surface area (Å²) >= 11 is 13.5. The number of imidazole rings is 1. The Morgan fingerprint density at radius 3 is 2.67 bits per heavy atom. The maximum absolute atomic E-state index is 6.36. The minimum Gasteiger partial charge on any atom is -0.294 e. The number of hydrogen-bond acceptors (Lipinski definition) is 1. The van der Waals surface area contributed by atoms with Gasteiger partial charge in [0.05, 0.1) is 22.1 Å². The van der Waals surface area contributed by atoms with Gasteiger partial charge < -0.3 is 0 Å². The van der Waals surface area contributed by atoms with E-state index < -0.39 is 0 Å². The van der Waals surface area contributed by atoms with Crippen molar-refractivity contribution in [3.8, 4) is 5.69 Å². The van der Waals surface area contributed by atoms with Crippen molar-refractivity contribution in [2.45, 2.75) is 19.2 Å². The molecule has 0 spiro atoms. The number of fused-ring (bicyclic) bond motifs is 1. The molecular weight excluding hydrogens is 415 g/mol. The average Bonchev–Trinajstić information content (AvgIpc) is 2.82. The number of rotatable bonds is 2. The Bertz CT molecular complexity index is 825. The van der Waals surface area contributed by atoms with Crippen molar-refractivity contribution in [2.75, 3.05) is 0 Å². The van der Waals surface area contributed by atoms with Gasteiger partial charge in [-0.05, 0) is 59.6 Å². The fraction of sp³-hybridized carbons (Fsp3) is 0.188. The first-order valence-electron chi connectivity index (χ1n) is 6.56. The van der Waals surface area contributed by atoms with E-state index in [1.165, 1.54) is 5.56 Å². The van der Waals surface area contributed by atoms with E-state index in [1.54, 1.807) is 0 Å². The van der Waals surface area contributed by atoms with Crippen LogP contribution in [0.25, 0.3) is 16.7 Å². The third-order valence-corrected chi connectivity index (χ3v) is 4.77. The van der Waals surface area contributed by atoms with Gasteiger partial charge in [-0.1, -0.05) is 28.1 Å². The second-order valence-electron chi connectivity index (χ2n) is 4.96. The van der Waals surface area contributed by atoms with E-state index in [4.69, 9.17) is 16.6 Å². The van der Waals surface area contributed by atoms with E-state index in [0.717, 1.165) is 31.5 Å². The van der Waals surface area contributed by atoms with Gasteiger partial charge in [0.1, 0.15) is 5.82 Å². The van der Waals surface area contributed by atoms with E-state index >= 15 is 0 Å². The van der Waals surface area contributed by atoms with Crippen LogP contribution >= 0.6 is 43.5 Å². The fourth-order valence-corrected chi connectivity index (χ4v) is 3.40. The molecule has 0 bridgehead atoms. The number of hydrogen-bond donors (Lipinski definition) is 0. The summed E-state index contributed by atoms with van der Waals surface area (Å²) in [4.78, 5) is 4.72. The zero-order valence-electron chi connectivity index (χ0n) is 11.6. The number of nitrogens with zero attached hydrogens (tertiary/aromatic N) is 2. The van der Waals surface area contributed by atoms with Gasteiger partial charge in [-0.25, -0.2) is 4.98 Å². The van der Waals surface area contributed by atoms with Gasteiger partial charge in [-0.3, -0.25) is 4.57 Å². The molecule has 3 aromatic rings. The summed E-state index contributed by atoms with van der Waals surface area (Å²) < 4.78 is 4.16. The molecule has 0 N–H and O–H groups in total. The van der Waals surface area contributed by atoms with Crippen LogP contribution in [0.3, 0.4) is 0 Å². The molecule has 0 amide bonds. The predicted octanol–water partition coefficient (Wildman–Crippen LogP) is 6.16. The first-order chi connectivity index (χ1) is 9.99. The highest BCUT2D eigenvalue weighted by Gasteiger charge is 2.19. The third-order valence-electron chi connectivity index (χ3n) is 3.41. The maximum Gasteiger partial charge on any atom is 0.132 e. The molecule has 5 heteroatoms. The Balaban J connectivity index is 2.44. The van der Waals surface area contributed by atoms with E-state index in [-0.39, 0.29) is 5.38 Å². The van der Waals surface area contributed by atoms with Crippen LogP contribution < -0.4 is 0 Å². The van der Waals surface area contributed by atoms with Gasteiger partial charge in [0.15, 0.2) is 0 Å². The standard InChI is InChI=1S/C16H13Br2ClN2/c1-9-4-3-5-13-15(9)21(16(20-13)10(2)19)14-8-11(17)6-7-12(14)18/h3-8,10H,1-2H3. The highest BCUT2D eigenvalue weighted by Crippen LogP contribution is 2.34. The summed E-state index contributed by atoms with van der Waals surface area (Å²) in [6.45, 7) is 4.04. The molecule has 1 unspecified atom stereocenters.